The molecule has 88 valence electrons. The Balaban J connectivity index is 0.000000212. The average molecular weight is 221 g/mol. The largest absolute Gasteiger partial charge is 0.399 e. The average Bonchev–Trinajstić information content (AvgIpc) is 2.27. The van der Waals surface area contributed by atoms with Crippen molar-refractivity contribution in [1.29, 1.82) is 0 Å². The molecule has 0 unspecified atom stereocenters. The van der Waals surface area contributed by atoms with Crippen molar-refractivity contribution in [2.75, 3.05) is 12.3 Å². The fourth-order valence-electron chi connectivity index (χ4n) is 1.37. The lowest BCUT2D eigenvalue weighted by molar-refractivity contribution is 0.0904. The van der Waals surface area contributed by atoms with Gasteiger partial charge in [0.15, 0.2) is 5.78 Å². The lowest BCUT2D eigenvalue weighted by Crippen LogP contribution is -2.04. The number of aliphatic hydroxyl groups excluding tert-OH is 1. The fraction of sp³-hybridized carbons (Fsp3) is 0.462. The molecule has 1 aromatic rings. The van der Waals surface area contributed by atoms with Crippen molar-refractivity contribution in [3.8, 4) is 0 Å². The number of hydrogen-bond acceptors (Lipinski definition) is 3. The van der Waals surface area contributed by atoms with Crippen molar-refractivity contribution < 1.29 is 9.90 Å². The third kappa shape index (κ3) is 4.03. The molecular formula is C13H19NO2. The van der Waals surface area contributed by atoms with E-state index < -0.39 is 6.61 Å². The Morgan fingerprint density at radius 1 is 1.38 bits per heavy atom. The second kappa shape index (κ2) is 6.28. The van der Waals surface area contributed by atoms with Crippen LogP contribution in [0, 0.1) is 5.92 Å². The van der Waals surface area contributed by atoms with E-state index in [1.807, 2.05) is 0 Å². The Labute approximate surface area is 96.3 Å². The van der Waals surface area contributed by atoms with Gasteiger partial charge in [0, 0.05) is 11.3 Å². The van der Waals surface area contributed by atoms with Crippen LogP contribution >= 0.6 is 0 Å². The first-order valence-corrected chi connectivity index (χ1v) is 5.63. The molecule has 0 bridgehead atoms. The highest BCUT2D eigenvalue weighted by molar-refractivity contribution is 5.97. The molecule has 0 aliphatic heterocycles. The van der Waals surface area contributed by atoms with Gasteiger partial charge in [-0.15, -0.1) is 0 Å². The first-order chi connectivity index (χ1) is 7.63. The highest BCUT2D eigenvalue weighted by Gasteiger charge is 2.09. The lowest BCUT2D eigenvalue weighted by atomic mass is 9.88. The molecule has 1 aliphatic rings. The third-order valence-electron chi connectivity index (χ3n) is 2.77. The number of Topliss-reactive ketones (excluding diaryl/α,β-unsaturated/α-hetero) is 1. The maximum absolute atomic E-state index is 10.8. The molecule has 0 amide bonds. The molecular weight excluding hydrogens is 202 g/mol. The topological polar surface area (TPSA) is 63.3 Å². The Bertz CT molecular complexity index is 328. The van der Waals surface area contributed by atoms with E-state index in [0.29, 0.717) is 11.3 Å². The van der Waals surface area contributed by atoms with Gasteiger partial charge in [-0.2, -0.15) is 0 Å². The van der Waals surface area contributed by atoms with Gasteiger partial charge >= 0.3 is 0 Å². The SMILES string of the molecule is CC1CCC1.Nc1ccc(C(=O)CO)cc1. The second-order valence-corrected chi connectivity index (χ2v) is 4.24. The number of carbonyl (C=O) groups excluding carboxylic acids is 1. The standard InChI is InChI=1S/C8H9NO2.C5H10/c9-7-3-1-6(2-4-7)8(11)5-10;1-5-3-2-4-5/h1-4,10H,5,9H2;5H,2-4H2,1H3. The Morgan fingerprint density at radius 3 is 2.19 bits per heavy atom. The van der Waals surface area contributed by atoms with E-state index in [2.05, 4.69) is 6.92 Å². The summed E-state index contributed by atoms with van der Waals surface area (Å²) in [5.41, 5.74) is 6.49. The summed E-state index contributed by atoms with van der Waals surface area (Å²) in [4.78, 5) is 10.8. The monoisotopic (exact) mass is 221 g/mol. The van der Waals surface area contributed by atoms with E-state index in [1.165, 1.54) is 19.3 Å². The predicted octanol–water partition coefficient (Wildman–Crippen LogP) is 2.25. The molecule has 1 saturated carbocycles. The van der Waals surface area contributed by atoms with Gasteiger partial charge in [-0.1, -0.05) is 26.2 Å². The van der Waals surface area contributed by atoms with Crippen molar-refractivity contribution in [3.05, 3.63) is 29.8 Å². The minimum Gasteiger partial charge on any atom is -0.399 e. The predicted molar refractivity (Wildman–Crippen MR) is 65.3 cm³/mol. The number of benzene rings is 1. The van der Waals surface area contributed by atoms with Gasteiger partial charge in [0.25, 0.3) is 0 Å². The summed E-state index contributed by atoms with van der Waals surface area (Å²) in [6, 6.07) is 6.44. The molecule has 16 heavy (non-hydrogen) atoms. The number of nitrogen functional groups attached to an aromatic ring is 1. The van der Waals surface area contributed by atoms with Crippen LogP contribution in [0.5, 0.6) is 0 Å². The van der Waals surface area contributed by atoms with Crippen molar-refractivity contribution >= 4 is 11.5 Å². The van der Waals surface area contributed by atoms with Crippen molar-refractivity contribution in [2.24, 2.45) is 5.92 Å². The second-order valence-electron chi connectivity index (χ2n) is 4.24. The van der Waals surface area contributed by atoms with E-state index >= 15 is 0 Å². The van der Waals surface area contributed by atoms with Gasteiger partial charge in [-0.3, -0.25) is 4.79 Å². The third-order valence-corrected chi connectivity index (χ3v) is 2.77. The van der Waals surface area contributed by atoms with Gasteiger partial charge in [0.2, 0.25) is 0 Å². The molecule has 3 nitrogen and oxygen atoms in total. The minimum atomic E-state index is -0.454. The smallest absolute Gasteiger partial charge is 0.188 e. The summed E-state index contributed by atoms with van der Waals surface area (Å²) in [7, 11) is 0. The van der Waals surface area contributed by atoms with Crippen LogP contribution in [0.4, 0.5) is 5.69 Å². The van der Waals surface area contributed by atoms with Gasteiger partial charge in [-0.25, -0.2) is 0 Å². The maximum Gasteiger partial charge on any atom is 0.188 e. The van der Waals surface area contributed by atoms with Gasteiger partial charge in [-0.05, 0) is 30.2 Å². The van der Waals surface area contributed by atoms with Crippen LogP contribution in [0.3, 0.4) is 0 Å². The molecule has 2 rings (SSSR count). The molecule has 0 atom stereocenters. The number of carbonyl (C=O) groups is 1. The summed E-state index contributed by atoms with van der Waals surface area (Å²) in [6.45, 7) is 1.85. The minimum absolute atomic E-state index is 0.287. The molecule has 0 aromatic heterocycles. The molecule has 0 heterocycles. The number of anilines is 1. The van der Waals surface area contributed by atoms with E-state index in [0.717, 1.165) is 5.92 Å². The van der Waals surface area contributed by atoms with Crippen molar-refractivity contribution in [1.82, 2.24) is 0 Å². The number of nitrogens with two attached hydrogens (primary N) is 1. The Morgan fingerprint density at radius 2 is 1.88 bits per heavy atom. The summed E-state index contributed by atoms with van der Waals surface area (Å²) in [5.74, 6) is 0.778. The Kier molecular flexibility index (Phi) is 4.99. The Hall–Kier alpha value is -1.35. The summed E-state index contributed by atoms with van der Waals surface area (Å²) < 4.78 is 0. The molecule has 1 aromatic carbocycles. The normalized spacial score (nSPS) is 14.6. The quantitative estimate of drug-likeness (QED) is 0.594. The molecule has 0 spiro atoms. The van der Waals surface area contributed by atoms with E-state index in [9.17, 15) is 4.79 Å². The van der Waals surface area contributed by atoms with Crippen LogP contribution in [-0.4, -0.2) is 17.5 Å². The first kappa shape index (κ1) is 12.7. The van der Waals surface area contributed by atoms with Crippen LogP contribution in [0.15, 0.2) is 24.3 Å². The molecule has 3 N–H and O–H groups in total. The maximum atomic E-state index is 10.8. The number of rotatable bonds is 2. The zero-order valence-corrected chi connectivity index (χ0v) is 9.65. The van der Waals surface area contributed by atoms with Gasteiger partial charge < -0.3 is 10.8 Å². The van der Waals surface area contributed by atoms with Crippen LogP contribution in [0.2, 0.25) is 0 Å². The molecule has 0 saturated heterocycles. The molecule has 1 aliphatic carbocycles. The van der Waals surface area contributed by atoms with Crippen LogP contribution in [0.25, 0.3) is 0 Å². The molecule has 3 heteroatoms. The summed E-state index contributed by atoms with van der Waals surface area (Å²) in [5, 5.41) is 8.48. The van der Waals surface area contributed by atoms with Crippen LogP contribution in [-0.2, 0) is 0 Å². The van der Waals surface area contributed by atoms with Crippen LogP contribution < -0.4 is 5.73 Å². The van der Waals surface area contributed by atoms with E-state index in [-0.39, 0.29) is 5.78 Å². The highest BCUT2D eigenvalue weighted by atomic mass is 16.3. The van der Waals surface area contributed by atoms with Gasteiger partial charge in [0.1, 0.15) is 6.61 Å². The van der Waals surface area contributed by atoms with Crippen LogP contribution in [0.1, 0.15) is 36.5 Å². The first-order valence-electron chi connectivity index (χ1n) is 5.63. The fourth-order valence-corrected chi connectivity index (χ4v) is 1.37. The van der Waals surface area contributed by atoms with Crippen molar-refractivity contribution in [2.45, 2.75) is 26.2 Å². The van der Waals surface area contributed by atoms with Gasteiger partial charge in [0.05, 0.1) is 0 Å². The zero-order chi connectivity index (χ0) is 12.0. The zero-order valence-electron chi connectivity index (χ0n) is 9.65. The summed E-state index contributed by atoms with van der Waals surface area (Å²) in [6.07, 6.45) is 4.46. The highest BCUT2D eigenvalue weighted by Crippen LogP contribution is 2.24. The number of hydrogen-bond donors (Lipinski definition) is 2. The molecule has 0 radical (unpaired) electrons. The van der Waals surface area contributed by atoms with E-state index in [4.69, 9.17) is 10.8 Å². The number of ketones is 1. The summed E-state index contributed by atoms with van der Waals surface area (Å²) >= 11 is 0. The lowest BCUT2D eigenvalue weighted by Gasteiger charge is -2.18. The molecule has 1 fully saturated rings. The van der Waals surface area contributed by atoms with E-state index in [1.54, 1.807) is 24.3 Å². The van der Waals surface area contributed by atoms with Crippen molar-refractivity contribution in [3.63, 3.8) is 0 Å². The number of aliphatic hydroxyl groups is 1.